The molecule has 0 atom stereocenters. The molecule has 0 bridgehead atoms. The van der Waals surface area contributed by atoms with E-state index in [0.29, 0.717) is 0 Å². The van der Waals surface area contributed by atoms with E-state index in [-0.39, 0.29) is 11.8 Å². The van der Waals surface area contributed by atoms with E-state index >= 15 is 0 Å². The molecule has 0 heterocycles. The molecule has 0 aromatic carbocycles. The van der Waals surface area contributed by atoms with Crippen molar-refractivity contribution < 1.29 is 4.79 Å². The molecule has 0 aromatic heterocycles. The van der Waals surface area contributed by atoms with Crippen LogP contribution < -0.4 is 10.6 Å². The highest BCUT2D eigenvalue weighted by molar-refractivity contribution is 5.78. The standard InChI is InChI=1S/C15H30N2O/c1-3-5-6-13-7-9-14(10-8-13)15(18)17-12-11-16-4-2/h13-14,16H,3-12H2,1-2H3,(H,17,18). The van der Waals surface area contributed by atoms with Crippen molar-refractivity contribution in [1.82, 2.24) is 10.6 Å². The Morgan fingerprint density at radius 3 is 2.44 bits per heavy atom. The van der Waals surface area contributed by atoms with Crippen molar-refractivity contribution in [1.29, 1.82) is 0 Å². The molecule has 0 radical (unpaired) electrons. The summed E-state index contributed by atoms with van der Waals surface area (Å²) >= 11 is 0. The summed E-state index contributed by atoms with van der Waals surface area (Å²) in [6, 6.07) is 0. The van der Waals surface area contributed by atoms with Gasteiger partial charge in [0.25, 0.3) is 0 Å². The molecule has 2 N–H and O–H groups in total. The first-order valence-electron chi connectivity index (χ1n) is 7.76. The first kappa shape index (κ1) is 15.5. The molecule has 1 rings (SSSR count). The van der Waals surface area contributed by atoms with Gasteiger partial charge in [-0.2, -0.15) is 0 Å². The number of nitrogens with one attached hydrogen (secondary N) is 2. The van der Waals surface area contributed by atoms with Crippen molar-refractivity contribution in [3.8, 4) is 0 Å². The van der Waals surface area contributed by atoms with Gasteiger partial charge in [0.2, 0.25) is 5.91 Å². The van der Waals surface area contributed by atoms with Crippen molar-refractivity contribution in [2.24, 2.45) is 11.8 Å². The SMILES string of the molecule is CCCCC1CCC(C(=O)NCCNCC)CC1. The summed E-state index contributed by atoms with van der Waals surface area (Å²) in [7, 11) is 0. The van der Waals surface area contributed by atoms with Gasteiger partial charge >= 0.3 is 0 Å². The Hall–Kier alpha value is -0.570. The van der Waals surface area contributed by atoms with E-state index in [9.17, 15) is 4.79 Å². The van der Waals surface area contributed by atoms with Gasteiger partial charge in [0.15, 0.2) is 0 Å². The van der Waals surface area contributed by atoms with Crippen molar-refractivity contribution in [2.45, 2.75) is 58.8 Å². The highest BCUT2D eigenvalue weighted by Gasteiger charge is 2.25. The van der Waals surface area contributed by atoms with Crippen LogP contribution >= 0.6 is 0 Å². The minimum absolute atomic E-state index is 0.279. The summed E-state index contributed by atoms with van der Waals surface area (Å²) in [6.07, 6.45) is 8.72. The zero-order chi connectivity index (χ0) is 13.2. The average molecular weight is 254 g/mol. The third-order valence-corrected chi connectivity index (χ3v) is 4.03. The normalized spacial score (nSPS) is 23.9. The lowest BCUT2D eigenvalue weighted by Crippen LogP contribution is -2.37. The molecular weight excluding hydrogens is 224 g/mol. The summed E-state index contributed by atoms with van der Waals surface area (Å²) < 4.78 is 0. The molecule has 1 fully saturated rings. The van der Waals surface area contributed by atoms with Gasteiger partial charge in [0.1, 0.15) is 0 Å². The molecule has 0 saturated heterocycles. The van der Waals surface area contributed by atoms with E-state index in [1.807, 2.05) is 0 Å². The number of hydrogen-bond acceptors (Lipinski definition) is 2. The van der Waals surface area contributed by atoms with Crippen LogP contribution in [-0.2, 0) is 4.79 Å². The zero-order valence-corrected chi connectivity index (χ0v) is 12.1. The van der Waals surface area contributed by atoms with Gasteiger partial charge in [-0.05, 0) is 38.1 Å². The Morgan fingerprint density at radius 2 is 1.83 bits per heavy atom. The number of rotatable bonds is 8. The molecule has 1 saturated carbocycles. The fourth-order valence-corrected chi connectivity index (χ4v) is 2.80. The Morgan fingerprint density at radius 1 is 1.11 bits per heavy atom. The Kier molecular flexibility index (Phi) is 8.06. The van der Waals surface area contributed by atoms with Crippen LogP contribution in [0.1, 0.15) is 58.8 Å². The fourth-order valence-electron chi connectivity index (χ4n) is 2.80. The molecule has 0 spiro atoms. The average Bonchev–Trinajstić information content (AvgIpc) is 2.41. The minimum atomic E-state index is 0.279. The summed E-state index contributed by atoms with van der Waals surface area (Å²) in [6.45, 7) is 6.96. The van der Waals surface area contributed by atoms with Gasteiger partial charge < -0.3 is 10.6 Å². The number of carbonyl (C=O) groups excluding carboxylic acids is 1. The number of hydrogen-bond donors (Lipinski definition) is 2. The lowest BCUT2D eigenvalue weighted by molar-refractivity contribution is -0.126. The lowest BCUT2D eigenvalue weighted by Gasteiger charge is -2.27. The Labute approximate surface area is 112 Å². The summed E-state index contributed by atoms with van der Waals surface area (Å²) in [4.78, 5) is 11.9. The molecule has 0 aromatic rings. The predicted molar refractivity (Wildman–Crippen MR) is 76.5 cm³/mol. The van der Waals surface area contributed by atoms with E-state index < -0.39 is 0 Å². The van der Waals surface area contributed by atoms with E-state index in [1.54, 1.807) is 0 Å². The topological polar surface area (TPSA) is 41.1 Å². The second kappa shape index (κ2) is 9.37. The first-order valence-corrected chi connectivity index (χ1v) is 7.76. The number of carbonyl (C=O) groups is 1. The third kappa shape index (κ3) is 5.85. The molecule has 1 aliphatic rings. The Balaban J connectivity index is 2.11. The maximum Gasteiger partial charge on any atom is 0.223 e. The fraction of sp³-hybridized carbons (Fsp3) is 0.933. The van der Waals surface area contributed by atoms with E-state index in [0.717, 1.165) is 38.4 Å². The monoisotopic (exact) mass is 254 g/mol. The van der Waals surface area contributed by atoms with Crippen LogP contribution in [0.25, 0.3) is 0 Å². The largest absolute Gasteiger partial charge is 0.355 e. The second-order valence-electron chi connectivity index (χ2n) is 5.50. The van der Waals surface area contributed by atoms with Gasteiger partial charge in [0.05, 0.1) is 0 Å². The molecule has 3 nitrogen and oxygen atoms in total. The van der Waals surface area contributed by atoms with Crippen LogP contribution in [0.5, 0.6) is 0 Å². The molecule has 1 amide bonds. The van der Waals surface area contributed by atoms with Gasteiger partial charge in [0, 0.05) is 19.0 Å². The summed E-state index contributed by atoms with van der Waals surface area (Å²) in [5, 5.41) is 6.27. The third-order valence-electron chi connectivity index (χ3n) is 4.03. The molecule has 106 valence electrons. The molecule has 3 heteroatoms. The van der Waals surface area contributed by atoms with Crippen LogP contribution in [0.4, 0.5) is 0 Å². The van der Waals surface area contributed by atoms with Crippen LogP contribution in [-0.4, -0.2) is 25.5 Å². The molecule has 0 unspecified atom stereocenters. The van der Waals surface area contributed by atoms with Crippen molar-refractivity contribution in [3.05, 3.63) is 0 Å². The van der Waals surface area contributed by atoms with Crippen molar-refractivity contribution >= 4 is 5.91 Å². The molecule has 0 aliphatic heterocycles. The number of unbranched alkanes of at least 4 members (excludes halogenated alkanes) is 1. The van der Waals surface area contributed by atoms with E-state index in [1.165, 1.54) is 32.1 Å². The summed E-state index contributed by atoms with van der Waals surface area (Å²) in [5.74, 6) is 1.45. The molecular formula is C15H30N2O. The molecule has 18 heavy (non-hydrogen) atoms. The number of amides is 1. The summed E-state index contributed by atoms with van der Waals surface area (Å²) in [5.41, 5.74) is 0. The first-order chi connectivity index (χ1) is 8.77. The van der Waals surface area contributed by atoms with Gasteiger partial charge in [-0.1, -0.05) is 33.1 Å². The van der Waals surface area contributed by atoms with Crippen molar-refractivity contribution in [2.75, 3.05) is 19.6 Å². The van der Waals surface area contributed by atoms with Crippen molar-refractivity contribution in [3.63, 3.8) is 0 Å². The van der Waals surface area contributed by atoms with Gasteiger partial charge in [-0.3, -0.25) is 4.79 Å². The van der Waals surface area contributed by atoms with Crippen LogP contribution in [0.3, 0.4) is 0 Å². The maximum absolute atomic E-state index is 11.9. The smallest absolute Gasteiger partial charge is 0.223 e. The van der Waals surface area contributed by atoms with Crippen LogP contribution in [0.2, 0.25) is 0 Å². The van der Waals surface area contributed by atoms with E-state index in [4.69, 9.17) is 0 Å². The van der Waals surface area contributed by atoms with Gasteiger partial charge in [-0.25, -0.2) is 0 Å². The molecule has 1 aliphatic carbocycles. The van der Waals surface area contributed by atoms with E-state index in [2.05, 4.69) is 24.5 Å². The Bertz CT molecular complexity index is 223. The van der Waals surface area contributed by atoms with Gasteiger partial charge in [-0.15, -0.1) is 0 Å². The maximum atomic E-state index is 11.9. The lowest BCUT2D eigenvalue weighted by atomic mass is 9.79. The number of likely N-dealkylation sites (N-methyl/N-ethyl adjacent to an activating group) is 1. The minimum Gasteiger partial charge on any atom is -0.355 e. The predicted octanol–water partition coefficient (Wildman–Crippen LogP) is 2.71. The highest BCUT2D eigenvalue weighted by Crippen LogP contribution is 2.31. The quantitative estimate of drug-likeness (QED) is 0.654. The highest BCUT2D eigenvalue weighted by atomic mass is 16.1. The van der Waals surface area contributed by atoms with Crippen LogP contribution in [0.15, 0.2) is 0 Å². The van der Waals surface area contributed by atoms with Crippen LogP contribution in [0, 0.1) is 11.8 Å². The second-order valence-corrected chi connectivity index (χ2v) is 5.50. The zero-order valence-electron chi connectivity index (χ0n) is 12.1.